The maximum Gasteiger partial charge on any atom is 0.416 e. The van der Waals surface area contributed by atoms with Gasteiger partial charge in [-0.05, 0) is 73.0 Å². The number of alkyl halides is 3. The fourth-order valence-corrected chi connectivity index (χ4v) is 5.33. The molecule has 0 aromatic heterocycles. The van der Waals surface area contributed by atoms with Crippen molar-refractivity contribution in [3.63, 3.8) is 0 Å². The third-order valence-electron chi connectivity index (χ3n) is 6.71. The lowest BCUT2D eigenvalue weighted by Gasteiger charge is -2.49. The zero-order valence-corrected chi connectivity index (χ0v) is 17.9. The van der Waals surface area contributed by atoms with Crippen LogP contribution in [0.25, 0.3) is 0 Å². The highest BCUT2D eigenvalue weighted by Crippen LogP contribution is 2.44. The number of hydrogen-bond donors (Lipinski definition) is 0. The molecule has 4 aliphatic rings. The normalized spacial score (nSPS) is 28.5. The van der Waals surface area contributed by atoms with Crippen LogP contribution in [0.3, 0.4) is 0 Å². The molecule has 32 heavy (non-hydrogen) atoms. The van der Waals surface area contributed by atoms with E-state index in [9.17, 15) is 23.2 Å². The quantitative estimate of drug-likeness (QED) is 0.601. The van der Waals surface area contributed by atoms with Crippen molar-refractivity contribution in [3.8, 4) is 0 Å². The third kappa shape index (κ3) is 3.62. The molecule has 4 nitrogen and oxygen atoms in total. The van der Waals surface area contributed by atoms with Gasteiger partial charge in [0.15, 0.2) is 5.78 Å². The van der Waals surface area contributed by atoms with Crippen LogP contribution in [0.5, 0.6) is 0 Å². The van der Waals surface area contributed by atoms with E-state index in [0.29, 0.717) is 21.9 Å². The van der Waals surface area contributed by atoms with Crippen molar-refractivity contribution in [2.75, 3.05) is 13.1 Å². The summed E-state index contributed by atoms with van der Waals surface area (Å²) in [5.41, 5.74) is 1.71. The first-order valence-corrected chi connectivity index (χ1v) is 11.0. The van der Waals surface area contributed by atoms with Gasteiger partial charge in [0.25, 0.3) is 0 Å². The lowest BCUT2D eigenvalue weighted by molar-refractivity contribution is -0.137. The largest absolute Gasteiger partial charge is 0.758 e. The second-order valence-electron chi connectivity index (χ2n) is 8.63. The van der Waals surface area contributed by atoms with E-state index in [1.165, 1.54) is 12.1 Å². The number of Topliss-reactive ketones (excluding diaryl/α,β-unsaturated/α-hetero) is 1. The number of fused-ring (bicyclic) bond motifs is 1. The van der Waals surface area contributed by atoms with Crippen LogP contribution in [0.1, 0.15) is 36.3 Å². The van der Waals surface area contributed by atoms with Gasteiger partial charge in [0.2, 0.25) is 0 Å². The van der Waals surface area contributed by atoms with Crippen LogP contribution in [0, 0.1) is 5.21 Å². The molecule has 0 amide bonds. The minimum absolute atomic E-state index is 0.0736. The summed E-state index contributed by atoms with van der Waals surface area (Å²) in [4.78, 5) is 15.8. The van der Waals surface area contributed by atoms with Gasteiger partial charge in [-0.25, -0.2) is 0 Å². The molecule has 0 spiro atoms. The van der Waals surface area contributed by atoms with E-state index in [4.69, 9.17) is 11.6 Å². The first kappa shape index (κ1) is 21.5. The molecule has 0 N–H and O–H groups in total. The zero-order valence-electron chi connectivity index (χ0n) is 17.1. The molecule has 3 unspecified atom stereocenters. The van der Waals surface area contributed by atoms with Crippen LogP contribution in [0.4, 0.5) is 13.2 Å². The number of allylic oxidation sites excluding steroid dienone is 3. The number of likely N-dealkylation sites (tertiary alicyclic amines) is 1. The van der Waals surface area contributed by atoms with Crippen LogP contribution in [-0.2, 0) is 11.0 Å². The van der Waals surface area contributed by atoms with Crippen LogP contribution >= 0.6 is 11.6 Å². The van der Waals surface area contributed by atoms with Gasteiger partial charge in [-0.1, -0.05) is 29.8 Å². The van der Waals surface area contributed by atoms with E-state index in [2.05, 4.69) is 4.90 Å². The maximum atomic E-state index is 13.7. The van der Waals surface area contributed by atoms with Crippen LogP contribution < -0.4 is 0 Å². The van der Waals surface area contributed by atoms with Crippen molar-refractivity contribution in [3.05, 3.63) is 86.8 Å². The molecule has 1 aromatic carbocycles. The number of carbonyl (C=O) groups is 1. The number of halogens is 4. The first-order valence-electron chi connectivity index (χ1n) is 10.7. The maximum absolute atomic E-state index is 13.7. The Morgan fingerprint density at radius 1 is 1.06 bits per heavy atom. The van der Waals surface area contributed by atoms with Gasteiger partial charge in [0.05, 0.1) is 23.6 Å². The van der Waals surface area contributed by atoms with Gasteiger partial charge in [0, 0.05) is 17.2 Å². The Balaban J connectivity index is 1.57. The molecule has 0 radical (unpaired) electrons. The summed E-state index contributed by atoms with van der Waals surface area (Å²) >= 11 is 6.14. The second-order valence-corrected chi connectivity index (χ2v) is 9.07. The van der Waals surface area contributed by atoms with Crippen molar-refractivity contribution in [2.24, 2.45) is 0 Å². The average molecular weight is 462 g/mol. The standard InChI is InChI=1S/C24H21ClF3N2O2/c25-17-7-8-20-15(11-17)12-19-21(30(20)32)13-18(23(31)22(19)29-9-1-2-10-29)14-3-5-16(6-4-14)24(26,27)28/h3-8,11-12,18,20,22H,1-2,9-10,13H2/q-1. The van der Waals surface area contributed by atoms with Crippen molar-refractivity contribution in [1.82, 2.24) is 9.96 Å². The summed E-state index contributed by atoms with van der Waals surface area (Å²) in [5, 5.41) is 14.8. The summed E-state index contributed by atoms with van der Waals surface area (Å²) in [5.74, 6) is -0.740. The molecule has 8 heteroatoms. The summed E-state index contributed by atoms with van der Waals surface area (Å²) < 4.78 is 39.0. The van der Waals surface area contributed by atoms with Gasteiger partial charge < -0.3 is 10.3 Å². The van der Waals surface area contributed by atoms with Crippen LogP contribution in [-0.4, -0.2) is 40.9 Å². The fourth-order valence-electron chi connectivity index (χ4n) is 5.13. The van der Waals surface area contributed by atoms with E-state index in [0.717, 1.165) is 48.7 Å². The molecule has 5 rings (SSSR count). The third-order valence-corrected chi connectivity index (χ3v) is 6.94. The molecule has 1 fully saturated rings. The minimum atomic E-state index is -4.44. The van der Waals surface area contributed by atoms with Gasteiger partial charge in [0.1, 0.15) is 0 Å². The van der Waals surface area contributed by atoms with E-state index in [1.807, 2.05) is 6.08 Å². The summed E-state index contributed by atoms with van der Waals surface area (Å²) in [6.07, 6.45) is 4.72. The summed E-state index contributed by atoms with van der Waals surface area (Å²) in [6, 6.07) is 3.62. The lowest BCUT2D eigenvalue weighted by atomic mass is 9.75. The monoisotopic (exact) mass is 461 g/mol. The number of hydrogen-bond acceptors (Lipinski definition) is 4. The Hall–Kier alpha value is -2.35. The molecular weight excluding hydrogens is 441 g/mol. The molecule has 2 aliphatic heterocycles. The summed E-state index contributed by atoms with van der Waals surface area (Å²) in [6.45, 7) is 1.49. The SMILES string of the molecule is O=C1C(c2ccc(C(F)(F)F)cc2)CC2=C(C=C3C=C(Cl)C=CC3N2[O-])C1N1CCCC1. The Morgan fingerprint density at radius 2 is 1.75 bits per heavy atom. The molecule has 0 saturated carbocycles. The van der Waals surface area contributed by atoms with Crippen molar-refractivity contribution < 1.29 is 18.0 Å². The highest BCUT2D eigenvalue weighted by Gasteiger charge is 2.43. The number of rotatable bonds is 2. The van der Waals surface area contributed by atoms with Crippen LogP contribution in [0.2, 0.25) is 0 Å². The zero-order chi connectivity index (χ0) is 22.6. The van der Waals surface area contributed by atoms with Gasteiger partial charge in [-0.3, -0.25) is 9.69 Å². The van der Waals surface area contributed by atoms with E-state index >= 15 is 0 Å². The highest BCUT2D eigenvalue weighted by atomic mass is 35.5. The Labute approximate surface area is 188 Å². The van der Waals surface area contributed by atoms with Crippen molar-refractivity contribution >= 4 is 17.4 Å². The number of carbonyl (C=O) groups excluding carboxylic acids is 1. The number of ketones is 1. The predicted octanol–water partition coefficient (Wildman–Crippen LogP) is 5.28. The number of benzene rings is 1. The Morgan fingerprint density at radius 3 is 2.41 bits per heavy atom. The first-order chi connectivity index (χ1) is 15.2. The average Bonchev–Trinajstić information content (AvgIpc) is 3.27. The van der Waals surface area contributed by atoms with E-state index in [1.54, 1.807) is 18.2 Å². The van der Waals surface area contributed by atoms with Gasteiger partial charge in [-0.2, -0.15) is 13.2 Å². The lowest BCUT2D eigenvalue weighted by Crippen LogP contribution is -2.49. The molecule has 2 heterocycles. The molecule has 3 atom stereocenters. The molecule has 2 aliphatic carbocycles. The highest BCUT2D eigenvalue weighted by molar-refractivity contribution is 6.31. The molecule has 1 aromatic rings. The Kier molecular flexibility index (Phi) is 5.31. The van der Waals surface area contributed by atoms with Gasteiger partial charge >= 0.3 is 6.18 Å². The summed E-state index contributed by atoms with van der Waals surface area (Å²) in [7, 11) is 0. The second kappa shape index (κ2) is 7.90. The molecule has 0 bridgehead atoms. The smallest absolute Gasteiger partial charge is 0.416 e. The predicted molar refractivity (Wildman–Crippen MR) is 116 cm³/mol. The van der Waals surface area contributed by atoms with Crippen molar-refractivity contribution in [2.45, 2.75) is 43.4 Å². The number of nitrogens with zero attached hydrogens (tertiary/aromatic N) is 2. The molecule has 1 saturated heterocycles. The van der Waals surface area contributed by atoms with Gasteiger partial charge in [-0.15, -0.1) is 0 Å². The fraction of sp³-hybridized carbons (Fsp3) is 0.375. The molecular formula is C24H21ClF3N2O2-. The molecule has 168 valence electrons. The number of hydroxylamine groups is 2. The Bertz CT molecular complexity index is 1070. The minimum Gasteiger partial charge on any atom is -0.758 e. The van der Waals surface area contributed by atoms with Crippen LogP contribution in [0.15, 0.2) is 70.4 Å². The van der Waals surface area contributed by atoms with E-state index in [-0.39, 0.29) is 12.2 Å². The topological polar surface area (TPSA) is 46.6 Å². The van der Waals surface area contributed by atoms with Crippen molar-refractivity contribution in [1.29, 1.82) is 0 Å². The van der Waals surface area contributed by atoms with E-state index < -0.39 is 29.7 Å².